The van der Waals surface area contributed by atoms with Gasteiger partial charge in [0.2, 0.25) is 0 Å². The van der Waals surface area contributed by atoms with Gasteiger partial charge in [0.15, 0.2) is 5.13 Å². The van der Waals surface area contributed by atoms with E-state index in [1.165, 1.54) is 11.3 Å². The van der Waals surface area contributed by atoms with Crippen molar-refractivity contribution in [2.45, 2.75) is 26.5 Å². The van der Waals surface area contributed by atoms with Crippen molar-refractivity contribution in [3.8, 4) is 0 Å². The van der Waals surface area contributed by atoms with E-state index in [1.807, 2.05) is 35.8 Å². The Morgan fingerprint density at radius 1 is 1.48 bits per heavy atom. The number of aryl methyl sites for hydroxylation is 1. The Hall–Kier alpha value is -1.93. The molecule has 124 valence electrons. The zero-order chi connectivity index (χ0) is 16.2. The quantitative estimate of drug-likeness (QED) is 0.905. The smallest absolute Gasteiger partial charge is 0.265 e. The molecule has 1 N–H and O–H groups in total. The normalized spacial score (nSPS) is 18.2. The third-order valence-corrected chi connectivity index (χ3v) is 4.69. The summed E-state index contributed by atoms with van der Waals surface area (Å²) in [5, 5.41) is 8.19. The first kappa shape index (κ1) is 15.9. The Labute approximate surface area is 139 Å². The van der Waals surface area contributed by atoms with Gasteiger partial charge in [0.1, 0.15) is 11.0 Å². The molecule has 0 aromatic carbocycles. The van der Waals surface area contributed by atoms with Gasteiger partial charge < -0.3 is 15.0 Å². The van der Waals surface area contributed by atoms with Crippen LogP contribution in [0.3, 0.4) is 0 Å². The highest BCUT2D eigenvalue weighted by Gasteiger charge is 2.28. The summed E-state index contributed by atoms with van der Waals surface area (Å²) in [6, 6.07) is 0. The Morgan fingerprint density at radius 3 is 3.09 bits per heavy atom. The molecule has 0 bridgehead atoms. The SMILES string of the molecule is CCNc1ncc(C(=O)N2CCOC(c3cnn(CC)c3)C2)s1. The molecule has 2 aromatic heterocycles. The van der Waals surface area contributed by atoms with E-state index in [-0.39, 0.29) is 12.0 Å². The fourth-order valence-corrected chi connectivity index (χ4v) is 3.37. The van der Waals surface area contributed by atoms with Gasteiger partial charge in [0.05, 0.1) is 25.5 Å². The summed E-state index contributed by atoms with van der Waals surface area (Å²) >= 11 is 1.39. The van der Waals surface area contributed by atoms with Crippen LogP contribution in [0, 0.1) is 0 Å². The fraction of sp³-hybridized carbons (Fsp3) is 0.533. The van der Waals surface area contributed by atoms with E-state index < -0.39 is 0 Å². The van der Waals surface area contributed by atoms with E-state index in [9.17, 15) is 4.79 Å². The summed E-state index contributed by atoms with van der Waals surface area (Å²) in [6.07, 6.45) is 5.33. The summed E-state index contributed by atoms with van der Waals surface area (Å²) < 4.78 is 7.68. The molecule has 2 aromatic rings. The Bertz CT molecular complexity index is 668. The average Bonchev–Trinajstić information content (AvgIpc) is 3.24. The number of carbonyl (C=O) groups excluding carboxylic acids is 1. The number of hydrogen-bond acceptors (Lipinski definition) is 6. The number of anilines is 1. The molecule has 1 unspecified atom stereocenters. The van der Waals surface area contributed by atoms with Crippen LogP contribution < -0.4 is 5.32 Å². The van der Waals surface area contributed by atoms with Gasteiger partial charge in [-0.3, -0.25) is 9.48 Å². The highest BCUT2D eigenvalue weighted by atomic mass is 32.1. The molecule has 3 rings (SSSR count). The molecule has 1 aliphatic heterocycles. The minimum Gasteiger partial charge on any atom is -0.370 e. The lowest BCUT2D eigenvalue weighted by Crippen LogP contribution is -2.41. The summed E-state index contributed by atoms with van der Waals surface area (Å²) in [6.45, 7) is 7.35. The molecule has 0 aliphatic carbocycles. The zero-order valence-electron chi connectivity index (χ0n) is 13.4. The summed E-state index contributed by atoms with van der Waals surface area (Å²) in [5.41, 5.74) is 1.02. The molecule has 0 radical (unpaired) electrons. The predicted octanol–water partition coefficient (Wildman–Crippen LogP) is 2.00. The van der Waals surface area contributed by atoms with Crippen LogP contribution in [-0.2, 0) is 11.3 Å². The Balaban J connectivity index is 1.68. The van der Waals surface area contributed by atoms with Gasteiger partial charge in [-0.05, 0) is 13.8 Å². The zero-order valence-corrected chi connectivity index (χ0v) is 14.2. The standard InChI is InChI=1S/C15H21N5O2S/c1-3-16-15-17-8-13(23-15)14(21)19-5-6-22-12(10-19)11-7-18-20(4-2)9-11/h7-9,12H,3-6,10H2,1-2H3,(H,16,17). The van der Waals surface area contributed by atoms with E-state index in [4.69, 9.17) is 4.74 Å². The highest BCUT2D eigenvalue weighted by molar-refractivity contribution is 7.17. The van der Waals surface area contributed by atoms with Crippen LogP contribution >= 0.6 is 11.3 Å². The van der Waals surface area contributed by atoms with Crippen molar-refractivity contribution in [1.82, 2.24) is 19.7 Å². The van der Waals surface area contributed by atoms with Gasteiger partial charge in [-0.15, -0.1) is 0 Å². The van der Waals surface area contributed by atoms with Gasteiger partial charge >= 0.3 is 0 Å². The number of ether oxygens (including phenoxy) is 1. The lowest BCUT2D eigenvalue weighted by molar-refractivity contribution is -0.0227. The highest BCUT2D eigenvalue weighted by Crippen LogP contribution is 2.25. The molecule has 3 heterocycles. The van der Waals surface area contributed by atoms with Gasteiger partial charge in [0, 0.05) is 31.4 Å². The molecule has 1 amide bonds. The molecule has 0 saturated carbocycles. The maximum Gasteiger partial charge on any atom is 0.265 e. The number of morpholine rings is 1. The first-order valence-corrected chi connectivity index (χ1v) is 8.65. The third-order valence-electron chi connectivity index (χ3n) is 3.75. The first-order chi connectivity index (χ1) is 11.2. The summed E-state index contributed by atoms with van der Waals surface area (Å²) in [4.78, 5) is 19.4. The van der Waals surface area contributed by atoms with E-state index in [0.29, 0.717) is 24.6 Å². The topological polar surface area (TPSA) is 72.3 Å². The molecule has 23 heavy (non-hydrogen) atoms. The second-order valence-electron chi connectivity index (χ2n) is 5.30. The van der Waals surface area contributed by atoms with Crippen molar-refractivity contribution in [2.24, 2.45) is 0 Å². The van der Waals surface area contributed by atoms with Crippen molar-refractivity contribution < 1.29 is 9.53 Å². The van der Waals surface area contributed by atoms with Crippen LogP contribution in [0.15, 0.2) is 18.6 Å². The van der Waals surface area contributed by atoms with Crippen LogP contribution in [-0.4, -0.2) is 51.8 Å². The van der Waals surface area contributed by atoms with Crippen molar-refractivity contribution in [1.29, 1.82) is 0 Å². The average molecular weight is 335 g/mol. The molecule has 1 aliphatic rings. The lowest BCUT2D eigenvalue weighted by atomic mass is 10.1. The van der Waals surface area contributed by atoms with Gasteiger partial charge in [-0.2, -0.15) is 5.10 Å². The molecule has 1 fully saturated rings. The largest absolute Gasteiger partial charge is 0.370 e. The Morgan fingerprint density at radius 2 is 2.35 bits per heavy atom. The first-order valence-electron chi connectivity index (χ1n) is 7.84. The third kappa shape index (κ3) is 3.53. The van der Waals surface area contributed by atoms with Crippen molar-refractivity contribution in [3.05, 3.63) is 29.0 Å². The lowest BCUT2D eigenvalue weighted by Gasteiger charge is -2.32. The van der Waals surface area contributed by atoms with Crippen LogP contribution in [0.5, 0.6) is 0 Å². The van der Waals surface area contributed by atoms with Crippen LogP contribution in [0.1, 0.15) is 35.2 Å². The summed E-state index contributed by atoms with van der Waals surface area (Å²) in [5.74, 6) is 0.0165. The van der Waals surface area contributed by atoms with Crippen LogP contribution in [0.4, 0.5) is 5.13 Å². The van der Waals surface area contributed by atoms with Crippen molar-refractivity contribution >= 4 is 22.4 Å². The number of amides is 1. The number of aromatic nitrogens is 3. The molecule has 8 heteroatoms. The minimum absolute atomic E-state index is 0.0165. The molecule has 7 nitrogen and oxygen atoms in total. The van der Waals surface area contributed by atoms with Crippen molar-refractivity contribution in [3.63, 3.8) is 0 Å². The summed E-state index contributed by atoms with van der Waals surface area (Å²) in [7, 11) is 0. The van der Waals surface area contributed by atoms with E-state index in [2.05, 4.69) is 15.4 Å². The molecule has 0 spiro atoms. The van der Waals surface area contributed by atoms with E-state index in [0.717, 1.165) is 23.8 Å². The van der Waals surface area contributed by atoms with Crippen LogP contribution in [0.25, 0.3) is 0 Å². The number of nitrogens with one attached hydrogen (secondary N) is 1. The van der Waals surface area contributed by atoms with E-state index >= 15 is 0 Å². The van der Waals surface area contributed by atoms with Crippen LogP contribution in [0.2, 0.25) is 0 Å². The maximum atomic E-state index is 12.6. The maximum absolute atomic E-state index is 12.6. The number of rotatable bonds is 5. The monoisotopic (exact) mass is 335 g/mol. The van der Waals surface area contributed by atoms with Gasteiger partial charge in [-0.25, -0.2) is 4.98 Å². The molecule has 1 atom stereocenters. The fourth-order valence-electron chi connectivity index (χ4n) is 2.52. The predicted molar refractivity (Wildman–Crippen MR) is 88.8 cm³/mol. The second kappa shape index (κ2) is 7.10. The number of nitrogens with zero attached hydrogens (tertiary/aromatic N) is 4. The number of thiazole rings is 1. The van der Waals surface area contributed by atoms with Crippen molar-refractivity contribution in [2.75, 3.05) is 31.6 Å². The minimum atomic E-state index is -0.117. The Kier molecular flexibility index (Phi) is 4.92. The number of carbonyl (C=O) groups is 1. The number of hydrogen-bond donors (Lipinski definition) is 1. The van der Waals surface area contributed by atoms with E-state index in [1.54, 1.807) is 6.20 Å². The molecular weight excluding hydrogens is 314 g/mol. The van der Waals surface area contributed by atoms with Gasteiger partial charge in [0.25, 0.3) is 5.91 Å². The molecule has 1 saturated heterocycles. The molecular formula is C15H21N5O2S. The second-order valence-corrected chi connectivity index (χ2v) is 6.33. The van der Waals surface area contributed by atoms with Gasteiger partial charge in [-0.1, -0.05) is 11.3 Å².